The van der Waals surface area contributed by atoms with Crippen LogP contribution in [0.2, 0.25) is 0 Å². The third-order valence-corrected chi connectivity index (χ3v) is 4.14. The quantitative estimate of drug-likeness (QED) is 0.804. The smallest absolute Gasteiger partial charge is 0.226 e. The predicted molar refractivity (Wildman–Crippen MR) is 97.1 cm³/mol. The van der Waals surface area contributed by atoms with Crippen molar-refractivity contribution in [3.05, 3.63) is 35.3 Å². The van der Waals surface area contributed by atoms with Gasteiger partial charge in [0.25, 0.3) is 0 Å². The number of anilines is 1. The zero-order valence-corrected chi connectivity index (χ0v) is 14.9. The van der Waals surface area contributed by atoms with Crippen LogP contribution >= 0.6 is 11.3 Å². The standard InChI is InChI=1S/C17H22N4O2S/c1-12(22)19-14-6-4-5-13(9-14)17-20-15(11-24-17)10-16(23)18-7-8-21(2)3/h4-6,9,11H,7-8,10H2,1-3H3,(H,18,23)(H,19,22). The van der Waals surface area contributed by atoms with Gasteiger partial charge in [-0.05, 0) is 26.2 Å². The number of carbonyl (C=O) groups is 2. The summed E-state index contributed by atoms with van der Waals surface area (Å²) in [5.74, 6) is -0.137. The molecule has 0 fully saturated rings. The first-order chi connectivity index (χ1) is 11.4. The highest BCUT2D eigenvalue weighted by Gasteiger charge is 2.09. The largest absolute Gasteiger partial charge is 0.354 e. The van der Waals surface area contributed by atoms with Crippen molar-refractivity contribution in [3.8, 4) is 10.6 Å². The Kier molecular flexibility index (Phi) is 6.45. The molecule has 0 aliphatic heterocycles. The minimum atomic E-state index is -0.110. The number of hydrogen-bond donors (Lipinski definition) is 2. The number of aromatic nitrogens is 1. The van der Waals surface area contributed by atoms with Gasteiger partial charge in [0.15, 0.2) is 0 Å². The molecule has 1 aromatic heterocycles. The molecule has 0 spiro atoms. The number of nitrogens with zero attached hydrogens (tertiary/aromatic N) is 2. The van der Waals surface area contributed by atoms with Gasteiger partial charge in [0, 0.05) is 36.6 Å². The first kappa shape index (κ1) is 18.1. The predicted octanol–water partition coefficient (Wildman–Crippen LogP) is 1.99. The Morgan fingerprint density at radius 1 is 1.29 bits per heavy atom. The summed E-state index contributed by atoms with van der Waals surface area (Å²) in [4.78, 5) is 29.6. The van der Waals surface area contributed by atoms with Crippen LogP contribution in [0.25, 0.3) is 10.6 Å². The highest BCUT2D eigenvalue weighted by atomic mass is 32.1. The second-order valence-corrected chi connectivity index (χ2v) is 6.59. The highest BCUT2D eigenvalue weighted by molar-refractivity contribution is 7.13. The third kappa shape index (κ3) is 5.75. The number of likely N-dealkylation sites (N-methyl/N-ethyl adjacent to an activating group) is 1. The maximum Gasteiger partial charge on any atom is 0.226 e. The first-order valence-corrected chi connectivity index (χ1v) is 8.56. The number of benzene rings is 1. The minimum absolute atomic E-state index is 0.0271. The molecular weight excluding hydrogens is 324 g/mol. The lowest BCUT2D eigenvalue weighted by molar-refractivity contribution is -0.120. The molecule has 0 unspecified atom stereocenters. The maximum atomic E-state index is 11.9. The second kappa shape index (κ2) is 8.56. The van der Waals surface area contributed by atoms with Crippen LogP contribution in [0, 0.1) is 0 Å². The topological polar surface area (TPSA) is 74.3 Å². The number of amides is 2. The Labute approximate surface area is 145 Å². The summed E-state index contributed by atoms with van der Waals surface area (Å²) in [6.07, 6.45) is 0.273. The van der Waals surface area contributed by atoms with E-state index in [0.29, 0.717) is 6.54 Å². The lowest BCUT2D eigenvalue weighted by Gasteiger charge is -2.09. The van der Waals surface area contributed by atoms with Gasteiger partial charge < -0.3 is 15.5 Å². The Balaban J connectivity index is 1.97. The number of carbonyl (C=O) groups excluding carboxylic acids is 2. The molecular formula is C17H22N4O2S. The van der Waals surface area contributed by atoms with Crippen molar-refractivity contribution in [1.29, 1.82) is 0 Å². The highest BCUT2D eigenvalue weighted by Crippen LogP contribution is 2.26. The van der Waals surface area contributed by atoms with Crippen LogP contribution in [0.15, 0.2) is 29.6 Å². The molecule has 0 radical (unpaired) electrons. The zero-order valence-electron chi connectivity index (χ0n) is 14.1. The molecule has 1 heterocycles. The molecule has 7 heteroatoms. The van der Waals surface area contributed by atoms with Crippen molar-refractivity contribution in [1.82, 2.24) is 15.2 Å². The Morgan fingerprint density at radius 3 is 2.79 bits per heavy atom. The average molecular weight is 346 g/mol. The van der Waals surface area contributed by atoms with Gasteiger partial charge in [-0.1, -0.05) is 12.1 Å². The van der Waals surface area contributed by atoms with Crippen molar-refractivity contribution in [2.75, 3.05) is 32.5 Å². The van der Waals surface area contributed by atoms with Gasteiger partial charge in [0.2, 0.25) is 11.8 Å². The van der Waals surface area contributed by atoms with Crippen LogP contribution < -0.4 is 10.6 Å². The summed E-state index contributed by atoms with van der Waals surface area (Å²) in [7, 11) is 3.93. The van der Waals surface area contributed by atoms with Crippen molar-refractivity contribution >= 4 is 28.8 Å². The van der Waals surface area contributed by atoms with Crippen LogP contribution in [-0.2, 0) is 16.0 Å². The van der Waals surface area contributed by atoms with E-state index in [9.17, 15) is 9.59 Å². The molecule has 0 atom stereocenters. The summed E-state index contributed by atoms with van der Waals surface area (Å²) < 4.78 is 0. The number of thiazole rings is 1. The number of nitrogens with one attached hydrogen (secondary N) is 2. The van der Waals surface area contributed by atoms with Crippen molar-refractivity contribution in [2.45, 2.75) is 13.3 Å². The lowest BCUT2D eigenvalue weighted by atomic mass is 10.2. The molecule has 24 heavy (non-hydrogen) atoms. The summed E-state index contributed by atoms with van der Waals surface area (Å²) in [6.45, 7) is 2.91. The van der Waals surface area contributed by atoms with Gasteiger partial charge in [-0.2, -0.15) is 0 Å². The molecule has 2 N–H and O–H groups in total. The van der Waals surface area contributed by atoms with Crippen molar-refractivity contribution in [2.24, 2.45) is 0 Å². The number of hydrogen-bond acceptors (Lipinski definition) is 5. The van der Waals surface area contributed by atoms with Gasteiger partial charge in [-0.25, -0.2) is 4.98 Å². The van der Waals surface area contributed by atoms with E-state index in [2.05, 4.69) is 15.6 Å². The zero-order chi connectivity index (χ0) is 17.5. The minimum Gasteiger partial charge on any atom is -0.354 e. The van der Waals surface area contributed by atoms with Crippen LogP contribution in [0.4, 0.5) is 5.69 Å². The van der Waals surface area contributed by atoms with E-state index in [0.717, 1.165) is 28.5 Å². The Morgan fingerprint density at radius 2 is 2.08 bits per heavy atom. The fraction of sp³-hybridized carbons (Fsp3) is 0.353. The third-order valence-electron chi connectivity index (χ3n) is 3.20. The molecule has 128 valence electrons. The van der Waals surface area contributed by atoms with Crippen LogP contribution in [0.3, 0.4) is 0 Å². The summed E-state index contributed by atoms with van der Waals surface area (Å²) in [5, 5.41) is 8.36. The summed E-state index contributed by atoms with van der Waals surface area (Å²) in [6, 6.07) is 7.51. The fourth-order valence-electron chi connectivity index (χ4n) is 2.10. The molecule has 0 bridgehead atoms. The summed E-state index contributed by atoms with van der Waals surface area (Å²) in [5.41, 5.74) is 2.41. The van der Waals surface area contributed by atoms with Gasteiger partial charge in [-0.15, -0.1) is 11.3 Å². The fourth-order valence-corrected chi connectivity index (χ4v) is 2.92. The maximum absolute atomic E-state index is 11.9. The van der Waals surface area contributed by atoms with Crippen LogP contribution in [0.5, 0.6) is 0 Å². The first-order valence-electron chi connectivity index (χ1n) is 7.68. The van der Waals surface area contributed by atoms with E-state index in [1.807, 2.05) is 48.6 Å². The van der Waals surface area contributed by atoms with E-state index in [1.165, 1.54) is 18.3 Å². The van der Waals surface area contributed by atoms with Crippen LogP contribution in [-0.4, -0.2) is 48.9 Å². The van der Waals surface area contributed by atoms with E-state index < -0.39 is 0 Å². The molecule has 2 aromatic rings. The van der Waals surface area contributed by atoms with Crippen molar-refractivity contribution < 1.29 is 9.59 Å². The SMILES string of the molecule is CC(=O)Nc1cccc(-c2nc(CC(=O)NCCN(C)C)cs2)c1. The monoisotopic (exact) mass is 346 g/mol. The van der Waals surface area contributed by atoms with Gasteiger partial charge in [0.05, 0.1) is 12.1 Å². The molecule has 0 saturated carbocycles. The van der Waals surface area contributed by atoms with Gasteiger partial charge in [-0.3, -0.25) is 9.59 Å². The van der Waals surface area contributed by atoms with E-state index in [-0.39, 0.29) is 18.2 Å². The van der Waals surface area contributed by atoms with Crippen molar-refractivity contribution in [3.63, 3.8) is 0 Å². The van der Waals surface area contributed by atoms with E-state index in [4.69, 9.17) is 0 Å². The van der Waals surface area contributed by atoms with E-state index in [1.54, 1.807) is 0 Å². The molecule has 2 amide bonds. The molecule has 6 nitrogen and oxygen atoms in total. The molecule has 0 saturated heterocycles. The van der Waals surface area contributed by atoms with E-state index >= 15 is 0 Å². The summed E-state index contributed by atoms with van der Waals surface area (Å²) >= 11 is 1.49. The lowest BCUT2D eigenvalue weighted by Crippen LogP contribution is -2.32. The molecule has 1 aromatic carbocycles. The molecule has 0 aliphatic carbocycles. The number of rotatable bonds is 7. The molecule has 2 rings (SSSR count). The van der Waals surface area contributed by atoms with Gasteiger partial charge >= 0.3 is 0 Å². The molecule has 0 aliphatic rings. The second-order valence-electron chi connectivity index (χ2n) is 5.74. The Hall–Kier alpha value is -2.25. The van der Waals surface area contributed by atoms with Gasteiger partial charge in [0.1, 0.15) is 5.01 Å². The average Bonchev–Trinajstić information content (AvgIpc) is 2.95. The Bertz CT molecular complexity index is 712. The normalized spacial score (nSPS) is 10.7. The van der Waals surface area contributed by atoms with Crippen LogP contribution in [0.1, 0.15) is 12.6 Å².